The number of ether oxygens (including phenoxy) is 3. The highest BCUT2D eigenvalue weighted by atomic mass is 32.1. The van der Waals surface area contributed by atoms with E-state index in [1.165, 1.54) is 24.5 Å². The highest BCUT2D eigenvalue weighted by Gasteiger charge is 2.14. The normalized spacial score (nSPS) is 10.9. The SMILES string of the molecule is CCc1nnc(NC(=O)C(C#N)=Cc2ccc(OCc3ccccc3OC)c(OC)c2)s1. The molecule has 0 saturated heterocycles. The fraction of sp³-hybridized carbons (Fsp3) is 0.217. The van der Waals surface area contributed by atoms with E-state index < -0.39 is 5.91 Å². The van der Waals surface area contributed by atoms with Gasteiger partial charge in [-0.3, -0.25) is 10.1 Å². The summed E-state index contributed by atoms with van der Waals surface area (Å²) in [5.41, 5.74) is 1.44. The van der Waals surface area contributed by atoms with Crippen molar-refractivity contribution < 1.29 is 19.0 Å². The van der Waals surface area contributed by atoms with Crippen molar-refractivity contribution in [1.82, 2.24) is 10.2 Å². The van der Waals surface area contributed by atoms with E-state index in [0.717, 1.165) is 22.7 Å². The molecular formula is C23H22N4O4S. The third kappa shape index (κ3) is 5.62. The van der Waals surface area contributed by atoms with Crippen molar-refractivity contribution in [2.45, 2.75) is 20.0 Å². The topological polar surface area (TPSA) is 106 Å². The van der Waals surface area contributed by atoms with Crippen molar-refractivity contribution >= 4 is 28.5 Å². The number of anilines is 1. The maximum atomic E-state index is 12.5. The number of carbonyl (C=O) groups excluding carboxylic acids is 1. The maximum absolute atomic E-state index is 12.5. The number of hydrogen-bond acceptors (Lipinski definition) is 8. The largest absolute Gasteiger partial charge is 0.496 e. The number of nitrogens with zero attached hydrogens (tertiary/aromatic N) is 3. The van der Waals surface area contributed by atoms with Crippen LogP contribution in [0.1, 0.15) is 23.1 Å². The van der Waals surface area contributed by atoms with Crippen LogP contribution in [0.4, 0.5) is 5.13 Å². The number of aryl methyl sites for hydroxylation is 1. The Morgan fingerprint density at radius 1 is 1.12 bits per heavy atom. The molecule has 32 heavy (non-hydrogen) atoms. The van der Waals surface area contributed by atoms with Gasteiger partial charge >= 0.3 is 0 Å². The van der Waals surface area contributed by atoms with Crippen molar-refractivity contribution in [3.05, 3.63) is 64.2 Å². The molecule has 1 aromatic heterocycles. The highest BCUT2D eigenvalue weighted by molar-refractivity contribution is 7.15. The van der Waals surface area contributed by atoms with Crippen molar-refractivity contribution in [3.8, 4) is 23.3 Å². The van der Waals surface area contributed by atoms with Crippen LogP contribution in [0.5, 0.6) is 17.2 Å². The molecule has 0 unspecified atom stereocenters. The second kappa shape index (κ2) is 10.9. The number of methoxy groups -OCH3 is 2. The molecule has 164 valence electrons. The minimum Gasteiger partial charge on any atom is -0.496 e. The number of hydrogen-bond donors (Lipinski definition) is 1. The summed E-state index contributed by atoms with van der Waals surface area (Å²) in [6.45, 7) is 2.24. The van der Waals surface area contributed by atoms with Gasteiger partial charge < -0.3 is 14.2 Å². The van der Waals surface area contributed by atoms with Crippen LogP contribution in [0.15, 0.2) is 48.0 Å². The smallest absolute Gasteiger partial charge is 0.268 e. The zero-order valence-electron chi connectivity index (χ0n) is 17.9. The van der Waals surface area contributed by atoms with E-state index in [9.17, 15) is 10.1 Å². The van der Waals surface area contributed by atoms with Crippen LogP contribution < -0.4 is 19.5 Å². The predicted octanol–water partition coefficient (Wildman–Crippen LogP) is 4.24. The maximum Gasteiger partial charge on any atom is 0.268 e. The van der Waals surface area contributed by atoms with E-state index in [0.29, 0.717) is 28.8 Å². The molecule has 0 aliphatic rings. The first-order valence-electron chi connectivity index (χ1n) is 9.76. The summed E-state index contributed by atoms with van der Waals surface area (Å²) in [4.78, 5) is 12.5. The van der Waals surface area contributed by atoms with E-state index in [1.54, 1.807) is 25.3 Å². The van der Waals surface area contributed by atoms with Crippen LogP contribution in [0.25, 0.3) is 6.08 Å². The number of amides is 1. The van der Waals surface area contributed by atoms with E-state index in [-0.39, 0.29) is 5.57 Å². The van der Waals surface area contributed by atoms with Gasteiger partial charge in [-0.05, 0) is 36.3 Å². The van der Waals surface area contributed by atoms with Crippen molar-refractivity contribution in [2.24, 2.45) is 0 Å². The van der Waals surface area contributed by atoms with Gasteiger partial charge in [-0.2, -0.15) is 5.26 Å². The summed E-state index contributed by atoms with van der Waals surface area (Å²) in [5.74, 6) is 1.18. The minimum atomic E-state index is -0.554. The first-order chi connectivity index (χ1) is 15.6. The molecule has 3 aromatic rings. The zero-order chi connectivity index (χ0) is 22.9. The van der Waals surface area contributed by atoms with Gasteiger partial charge in [0.05, 0.1) is 14.2 Å². The molecule has 1 N–H and O–H groups in total. The van der Waals surface area contributed by atoms with Gasteiger partial charge in [0.1, 0.15) is 29.0 Å². The molecule has 1 amide bonds. The van der Waals surface area contributed by atoms with Crippen LogP contribution in [-0.4, -0.2) is 30.3 Å². The fourth-order valence-corrected chi connectivity index (χ4v) is 3.47. The number of carbonyl (C=O) groups is 1. The van der Waals surface area contributed by atoms with E-state index >= 15 is 0 Å². The molecule has 2 aromatic carbocycles. The van der Waals surface area contributed by atoms with Gasteiger partial charge in [-0.25, -0.2) is 0 Å². The molecule has 0 aliphatic carbocycles. The first kappa shape index (κ1) is 22.8. The lowest BCUT2D eigenvalue weighted by molar-refractivity contribution is -0.112. The van der Waals surface area contributed by atoms with Crippen LogP contribution in [0.3, 0.4) is 0 Å². The summed E-state index contributed by atoms with van der Waals surface area (Å²) in [6, 6.07) is 14.7. The number of aromatic nitrogens is 2. The van der Waals surface area contributed by atoms with Crippen LogP contribution >= 0.6 is 11.3 Å². The third-order valence-corrected chi connectivity index (χ3v) is 5.41. The molecule has 9 heteroatoms. The molecular weight excluding hydrogens is 428 g/mol. The van der Waals surface area contributed by atoms with Crippen molar-refractivity contribution in [3.63, 3.8) is 0 Å². The molecule has 0 fully saturated rings. The standard InChI is InChI=1S/C23H22N4O4S/c1-4-21-26-27-23(32-21)25-22(28)17(13-24)11-15-9-10-19(20(12-15)30-3)31-14-16-7-5-6-8-18(16)29-2/h5-12H,4,14H2,1-3H3,(H,25,27,28). The van der Waals surface area contributed by atoms with E-state index in [4.69, 9.17) is 14.2 Å². The Morgan fingerprint density at radius 3 is 2.59 bits per heavy atom. The highest BCUT2D eigenvalue weighted by Crippen LogP contribution is 2.31. The lowest BCUT2D eigenvalue weighted by atomic mass is 10.1. The second-order valence-electron chi connectivity index (χ2n) is 6.49. The molecule has 0 atom stereocenters. The van der Waals surface area contributed by atoms with Crippen molar-refractivity contribution in [1.29, 1.82) is 5.26 Å². The average Bonchev–Trinajstić information content (AvgIpc) is 3.28. The van der Waals surface area contributed by atoms with Gasteiger partial charge in [0, 0.05) is 5.56 Å². The third-order valence-electron chi connectivity index (χ3n) is 4.43. The summed E-state index contributed by atoms with van der Waals surface area (Å²) in [5, 5.41) is 21.1. The van der Waals surface area contributed by atoms with Gasteiger partial charge in [0.15, 0.2) is 11.5 Å². The van der Waals surface area contributed by atoms with Crippen molar-refractivity contribution in [2.75, 3.05) is 19.5 Å². The number of nitrogens with one attached hydrogen (secondary N) is 1. The fourth-order valence-electron chi connectivity index (χ4n) is 2.80. The van der Waals surface area contributed by atoms with E-state index in [2.05, 4.69) is 15.5 Å². The van der Waals surface area contributed by atoms with Crippen LogP contribution in [0, 0.1) is 11.3 Å². The van der Waals surface area contributed by atoms with Crippen LogP contribution in [-0.2, 0) is 17.8 Å². The number of rotatable bonds is 9. The van der Waals surface area contributed by atoms with Gasteiger partial charge in [-0.15, -0.1) is 10.2 Å². The lowest BCUT2D eigenvalue weighted by Gasteiger charge is -2.13. The Hall–Kier alpha value is -3.90. The van der Waals surface area contributed by atoms with Gasteiger partial charge in [0.2, 0.25) is 5.13 Å². The summed E-state index contributed by atoms with van der Waals surface area (Å²) in [7, 11) is 3.13. The quantitative estimate of drug-likeness (QED) is 0.384. The molecule has 0 radical (unpaired) electrons. The second-order valence-corrected chi connectivity index (χ2v) is 7.55. The van der Waals surface area contributed by atoms with Crippen LogP contribution in [0.2, 0.25) is 0 Å². The molecule has 8 nitrogen and oxygen atoms in total. The Labute approximate surface area is 190 Å². The molecule has 0 saturated carbocycles. The van der Waals surface area contributed by atoms with E-state index in [1.807, 2.05) is 37.3 Å². The Morgan fingerprint density at radius 2 is 1.91 bits per heavy atom. The average molecular weight is 451 g/mol. The number of benzene rings is 2. The number of para-hydroxylation sites is 1. The Balaban J connectivity index is 1.75. The van der Waals surface area contributed by atoms with Gasteiger partial charge in [0.25, 0.3) is 5.91 Å². The predicted molar refractivity (Wildman–Crippen MR) is 122 cm³/mol. The summed E-state index contributed by atoms with van der Waals surface area (Å²) < 4.78 is 16.7. The molecule has 0 spiro atoms. The molecule has 3 rings (SSSR count). The zero-order valence-corrected chi connectivity index (χ0v) is 18.7. The number of nitriles is 1. The molecule has 0 aliphatic heterocycles. The molecule has 1 heterocycles. The first-order valence-corrected chi connectivity index (χ1v) is 10.6. The Kier molecular flexibility index (Phi) is 7.78. The monoisotopic (exact) mass is 450 g/mol. The minimum absolute atomic E-state index is 0.0667. The Bertz CT molecular complexity index is 1170. The summed E-state index contributed by atoms with van der Waals surface area (Å²) in [6.07, 6.45) is 2.20. The lowest BCUT2D eigenvalue weighted by Crippen LogP contribution is -2.13. The van der Waals surface area contributed by atoms with Gasteiger partial charge in [-0.1, -0.05) is 42.5 Å². The summed E-state index contributed by atoms with van der Waals surface area (Å²) >= 11 is 1.27. The molecule has 0 bridgehead atoms.